The van der Waals surface area contributed by atoms with Crippen LogP contribution >= 0.6 is 0 Å². The van der Waals surface area contributed by atoms with Crippen LogP contribution in [0.1, 0.15) is 46.7 Å². The topological polar surface area (TPSA) is 221 Å². The molecule has 0 radical (unpaired) electrons. The highest BCUT2D eigenvalue weighted by atomic mass is 16.5. The first-order chi connectivity index (χ1) is 19.5. The number of carbonyl (C=O) groups excluding carboxylic acids is 2. The Morgan fingerprint density at radius 3 is 2.73 bits per heavy atom. The van der Waals surface area contributed by atoms with Crippen LogP contribution in [0, 0.1) is 10.8 Å². The van der Waals surface area contributed by atoms with Crippen LogP contribution in [0.25, 0.3) is 0 Å². The van der Waals surface area contributed by atoms with E-state index in [4.69, 9.17) is 15.6 Å². The molecule has 15 nitrogen and oxygen atoms in total. The zero-order valence-electron chi connectivity index (χ0n) is 22.5. The molecule has 5 atom stereocenters. The highest BCUT2D eigenvalue weighted by molar-refractivity contribution is 5.98. The maximum absolute atomic E-state index is 13.5. The van der Waals surface area contributed by atoms with Gasteiger partial charge in [0.15, 0.2) is 23.3 Å². The maximum Gasteiger partial charge on any atom is 0.271 e. The molecule has 1 unspecified atom stereocenters. The van der Waals surface area contributed by atoms with Crippen LogP contribution in [0.2, 0.25) is 0 Å². The summed E-state index contributed by atoms with van der Waals surface area (Å²) in [5, 5.41) is 59.8. The molecule has 9 N–H and O–H groups in total. The third-order valence-electron chi connectivity index (χ3n) is 8.40. The fourth-order valence-corrected chi connectivity index (χ4v) is 6.23. The van der Waals surface area contributed by atoms with Crippen molar-refractivity contribution in [2.75, 3.05) is 19.7 Å². The first kappa shape index (κ1) is 26.6. The highest BCUT2D eigenvalue weighted by Crippen LogP contribution is 2.41. The summed E-state index contributed by atoms with van der Waals surface area (Å²) in [6.45, 7) is 4.82. The number of fused-ring (bicyclic) bond motifs is 1. The number of benzene rings is 1. The Morgan fingerprint density at radius 1 is 1.17 bits per heavy atom. The van der Waals surface area contributed by atoms with Gasteiger partial charge in [0.25, 0.3) is 11.8 Å². The van der Waals surface area contributed by atoms with E-state index in [0.29, 0.717) is 17.9 Å². The summed E-state index contributed by atoms with van der Waals surface area (Å²) >= 11 is 0. The van der Waals surface area contributed by atoms with E-state index in [1.807, 2.05) is 12.1 Å². The van der Waals surface area contributed by atoms with Crippen molar-refractivity contribution in [2.45, 2.75) is 55.6 Å². The maximum atomic E-state index is 13.5. The van der Waals surface area contributed by atoms with Gasteiger partial charge in [0.05, 0.1) is 30.3 Å². The van der Waals surface area contributed by atoms with Crippen molar-refractivity contribution in [1.29, 1.82) is 10.8 Å². The molecule has 1 aromatic heterocycles. The van der Waals surface area contributed by atoms with E-state index in [0.717, 1.165) is 12.0 Å². The molecular formula is C26H32N10O5. The lowest BCUT2D eigenvalue weighted by Crippen LogP contribution is -2.78. The second kappa shape index (κ2) is 9.47. The van der Waals surface area contributed by atoms with Gasteiger partial charge in [-0.15, -0.1) is 10.2 Å². The van der Waals surface area contributed by atoms with E-state index in [2.05, 4.69) is 50.6 Å². The number of aromatic hydroxyl groups is 1. The molecule has 0 saturated carbocycles. The summed E-state index contributed by atoms with van der Waals surface area (Å²) in [7, 11) is 0. The molecule has 3 fully saturated rings. The summed E-state index contributed by atoms with van der Waals surface area (Å²) in [6.07, 6.45) is -0.401. The number of rotatable bonds is 5. The van der Waals surface area contributed by atoms with Gasteiger partial charge in [-0.05, 0) is 24.0 Å². The van der Waals surface area contributed by atoms with Crippen molar-refractivity contribution in [3.63, 3.8) is 0 Å². The monoisotopic (exact) mass is 564 g/mol. The largest absolute Gasteiger partial charge is 0.492 e. The smallest absolute Gasteiger partial charge is 0.271 e. The average molecular weight is 565 g/mol. The normalized spacial score (nSPS) is 29.1. The number of guanidine groups is 2. The van der Waals surface area contributed by atoms with Gasteiger partial charge in [-0.2, -0.15) is 0 Å². The minimum absolute atomic E-state index is 0.00517. The van der Waals surface area contributed by atoms with Crippen LogP contribution in [0.3, 0.4) is 0 Å². The zero-order valence-corrected chi connectivity index (χ0v) is 22.5. The third kappa shape index (κ3) is 4.23. The van der Waals surface area contributed by atoms with Crippen molar-refractivity contribution in [2.24, 2.45) is 0 Å². The minimum atomic E-state index is -1.33. The number of nitrogens with one attached hydrogen (secondary N) is 7. The first-order valence-corrected chi connectivity index (χ1v) is 13.3. The summed E-state index contributed by atoms with van der Waals surface area (Å²) < 4.78 is 5.91. The number of aliphatic hydroxyl groups is 1. The van der Waals surface area contributed by atoms with Gasteiger partial charge in [0.1, 0.15) is 11.9 Å². The Balaban J connectivity index is 1.22. The Hall–Kier alpha value is -4.66. The van der Waals surface area contributed by atoms with Gasteiger partial charge in [0.2, 0.25) is 5.88 Å². The molecule has 216 valence electrons. The summed E-state index contributed by atoms with van der Waals surface area (Å²) in [6, 6.07) is 5.96. The van der Waals surface area contributed by atoms with Crippen LogP contribution in [0.15, 0.2) is 30.3 Å². The molecule has 2 aromatic rings. The van der Waals surface area contributed by atoms with E-state index in [1.54, 1.807) is 11.0 Å². The Morgan fingerprint density at radius 2 is 1.98 bits per heavy atom. The van der Waals surface area contributed by atoms with Gasteiger partial charge in [-0.25, -0.2) is 0 Å². The summed E-state index contributed by atoms with van der Waals surface area (Å²) in [4.78, 5) is 27.7. The molecule has 2 amide bonds. The standard InChI is InChI=1S/C26H32N10O5/c1-25(2)8-9-41-18-12(4-3-5-13(18)25)21(39)30-16-11-36-24(28)31-15(19-26(36,20(16)38)33-23(27)32-19)10-29-22(40)14-6-7-17(37)35-34-14/h3-7,15-16,19-20,38H,8-11H2,1-2H3,(H2,28,31)(H,29,40)(H,30,39)(H,35,37)(H3,27,32,33)/t15-,16?,19-,20+,26-/m0/s1. The van der Waals surface area contributed by atoms with Crippen LogP contribution in [0.5, 0.6) is 11.6 Å². The number of nitrogens with zero attached hydrogens (tertiary/aromatic N) is 3. The molecular weight excluding hydrogens is 532 g/mol. The van der Waals surface area contributed by atoms with Crippen LogP contribution in [-0.4, -0.2) is 98.6 Å². The van der Waals surface area contributed by atoms with Gasteiger partial charge >= 0.3 is 0 Å². The van der Waals surface area contributed by atoms with Gasteiger partial charge < -0.3 is 46.4 Å². The van der Waals surface area contributed by atoms with Crippen molar-refractivity contribution >= 4 is 23.7 Å². The predicted molar refractivity (Wildman–Crippen MR) is 145 cm³/mol. The molecule has 1 aromatic carbocycles. The molecule has 3 saturated heterocycles. The Bertz CT molecular complexity index is 1430. The van der Waals surface area contributed by atoms with E-state index >= 15 is 0 Å². The number of amides is 2. The first-order valence-electron chi connectivity index (χ1n) is 13.3. The number of hydrogen-bond acceptors (Lipinski definition) is 9. The molecule has 0 bridgehead atoms. The highest BCUT2D eigenvalue weighted by Gasteiger charge is 2.66. The minimum Gasteiger partial charge on any atom is -0.492 e. The van der Waals surface area contributed by atoms with E-state index in [9.17, 15) is 19.8 Å². The summed E-state index contributed by atoms with van der Waals surface area (Å²) in [5.41, 5.74) is -0.167. The van der Waals surface area contributed by atoms with E-state index < -0.39 is 41.7 Å². The Kier molecular flexibility index (Phi) is 6.13. The molecule has 1 spiro atoms. The second-order valence-electron chi connectivity index (χ2n) is 11.3. The van der Waals surface area contributed by atoms with E-state index in [-0.39, 0.29) is 42.0 Å². The lowest BCUT2D eigenvalue weighted by Gasteiger charge is -2.49. The van der Waals surface area contributed by atoms with Crippen molar-refractivity contribution in [1.82, 2.24) is 41.7 Å². The van der Waals surface area contributed by atoms with Gasteiger partial charge in [0, 0.05) is 24.7 Å². The molecule has 15 heteroatoms. The third-order valence-corrected chi connectivity index (χ3v) is 8.40. The SMILES string of the molecule is CC1(C)CCOc2c(C(=O)NC3CN4C(=N)N[C@@H](CNC(=O)c5ccc(O)nn5)[C@@H]5NC(=N)N[C@@]54[C@@H]3O)cccc21. The van der Waals surface area contributed by atoms with E-state index in [1.165, 1.54) is 12.1 Å². The molecule has 6 rings (SSSR count). The van der Waals surface area contributed by atoms with Crippen LogP contribution < -0.4 is 31.3 Å². The fraction of sp³-hybridized carbons (Fsp3) is 0.462. The van der Waals surface area contributed by atoms with Crippen LogP contribution in [0.4, 0.5) is 0 Å². The lowest BCUT2D eigenvalue weighted by molar-refractivity contribution is 0.00611. The van der Waals surface area contributed by atoms with Crippen molar-refractivity contribution in [3.8, 4) is 11.6 Å². The van der Waals surface area contributed by atoms with Gasteiger partial charge in [-0.3, -0.25) is 20.4 Å². The lowest BCUT2D eigenvalue weighted by atomic mass is 9.79. The van der Waals surface area contributed by atoms with Gasteiger partial charge in [-0.1, -0.05) is 26.0 Å². The molecule has 5 heterocycles. The number of carbonyl (C=O) groups is 2. The number of aromatic nitrogens is 2. The molecule has 41 heavy (non-hydrogen) atoms. The number of para-hydroxylation sites is 1. The van der Waals surface area contributed by atoms with Crippen molar-refractivity contribution < 1.29 is 24.5 Å². The number of ether oxygens (including phenoxy) is 1. The second-order valence-corrected chi connectivity index (χ2v) is 11.3. The fourth-order valence-electron chi connectivity index (χ4n) is 6.23. The predicted octanol–water partition coefficient (Wildman–Crippen LogP) is -1.45. The number of hydrogen-bond donors (Lipinski definition) is 9. The average Bonchev–Trinajstić information content (AvgIpc) is 3.43. The summed E-state index contributed by atoms with van der Waals surface area (Å²) in [5.74, 6) is -0.824. The zero-order chi connectivity index (χ0) is 29.1. The van der Waals surface area contributed by atoms with Crippen molar-refractivity contribution in [3.05, 3.63) is 47.2 Å². The molecule has 0 aliphatic carbocycles. The Labute approximate surface area is 235 Å². The number of aliphatic hydroxyl groups excluding tert-OH is 1. The quantitative estimate of drug-likeness (QED) is 0.204. The molecule has 4 aliphatic rings. The van der Waals surface area contributed by atoms with Crippen LogP contribution in [-0.2, 0) is 5.41 Å². The molecule has 4 aliphatic heterocycles.